The number of nitrogens with zero attached hydrogens (tertiary/aromatic N) is 4. The van der Waals surface area contributed by atoms with Crippen LogP contribution in [0.1, 0.15) is 10.4 Å². The van der Waals surface area contributed by atoms with Crippen LogP contribution in [-0.4, -0.2) is 46.0 Å². The highest BCUT2D eigenvalue weighted by Crippen LogP contribution is 2.23. The number of aromatic nitrogens is 4. The molecule has 8 nitrogen and oxygen atoms in total. The van der Waals surface area contributed by atoms with Gasteiger partial charge in [0.25, 0.3) is 5.91 Å². The van der Waals surface area contributed by atoms with Gasteiger partial charge in [-0.2, -0.15) is 4.52 Å². The van der Waals surface area contributed by atoms with Gasteiger partial charge in [0, 0.05) is 11.6 Å². The van der Waals surface area contributed by atoms with Crippen LogP contribution in [0.25, 0.3) is 17.0 Å². The van der Waals surface area contributed by atoms with Gasteiger partial charge in [0.15, 0.2) is 11.5 Å². The molecule has 1 amide bonds. The zero-order valence-electron chi connectivity index (χ0n) is 16.1. The molecular weight excluding hydrogens is 406 g/mol. The summed E-state index contributed by atoms with van der Waals surface area (Å²) in [5.41, 5.74) is 1.83. The Morgan fingerprint density at radius 2 is 1.97 bits per heavy atom. The predicted molar refractivity (Wildman–Crippen MR) is 112 cm³/mol. The topological polar surface area (TPSA) is 90.6 Å². The Balaban J connectivity index is 1.42. The van der Waals surface area contributed by atoms with Crippen molar-refractivity contribution in [3.8, 4) is 23.0 Å². The average molecular weight is 424 g/mol. The van der Waals surface area contributed by atoms with Crippen molar-refractivity contribution >= 4 is 23.2 Å². The molecule has 0 spiro atoms. The second-order valence-corrected chi connectivity index (χ2v) is 6.69. The number of halogens is 1. The van der Waals surface area contributed by atoms with Crippen molar-refractivity contribution in [2.24, 2.45) is 0 Å². The van der Waals surface area contributed by atoms with E-state index < -0.39 is 0 Å². The van der Waals surface area contributed by atoms with Gasteiger partial charge in [-0.3, -0.25) is 4.79 Å². The molecule has 152 valence electrons. The second kappa shape index (κ2) is 8.79. The minimum Gasteiger partial charge on any atom is -0.497 e. The normalized spacial score (nSPS) is 10.7. The number of methoxy groups -OCH3 is 1. The Morgan fingerprint density at radius 1 is 1.10 bits per heavy atom. The van der Waals surface area contributed by atoms with Crippen LogP contribution < -0.4 is 14.8 Å². The maximum Gasteiger partial charge on any atom is 0.252 e. The SMILES string of the molecule is COc1cccc(-c2nnc3ccc(OCCNC(=O)c4ccccc4Cl)nn23)c1. The Kier molecular flexibility index (Phi) is 5.76. The first kappa shape index (κ1) is 19.7. The minimum absolute atomic E-state index is 0.241. The lowest BCUT2D eigenvalue weighted by Gasteiger charge is -2.08. The number of hydrogen-bond acceptors (Lipinski definition) is 6. The maximum absolute atomic E-state index is 12.2. The van der Waals surface area contributed by atoms with Crippen molar-refractivity contribution in [2.45, 2.75) is 0 Å². The fourth-order valence-electron chi connectivity index (χ4n) is 2.85. The fourth-order valence-corrected chi connectivity index (χ4v) is 3.07. The molecule has 0 radical (unpaired) electrons. The van der Waals surface area contributed by atoms with E-state index in [9.17, 15) is 4.79 Å². The van der Waals surface area contributed by atoms with E-state index in [2.05, 4.69) is 20.6 Å². The lowest BCUT2D eigenvalue weighted by atomic mass is 10.2. The molecule has 1 N–H and O–H groups in total. The highest BCUT2D eigenvalue weighted by atomic mass is 35.5. The van der Waals surface area contributed by atoms with E-state index in [1.54, 1.807) is 48.0 Å². The van der Waals surface area contributed by atoms with Crippen molar-refractivity contribution < 1.29 is 14.3 Å². The summed E-state index contributed by atoms with van der Waals surface area (Å²) in [5, 5.41) is 16.0. The number of amides is 1. The number of carbonyl (C=O) groups excluding carboxylic acids is 1. The van der Waals surface area contributed by atoms with Crippen molar-refractivity contribution in [3.05, 3.63) is 71.2 Å². The first-order valence-corrected chi connectivity index (χ1v) is 9.56. The third-order valence-corrected chi connectivity index (χ3v) is 4.65. The Bertz CT molecular complexity index is 1190. The summed E-state index contributed by atoms with van der Waals surface area (Å²) in [7, 11) is 1.61. The largest absolute Gasteiger partial charge is 0.497 e. The molecule has 30 heavy (non-hydrogen) atoms. The summed E-state index contributed by atoms with van der Waals surface area (Å²) in [6.45, 7) is 0.542. The van der Waals surface area contributed by atoms with Crippen LogP contribution in [0.5, 0.6) is 11.6 Å². The Morgan fingerprint density at radius 3 is 2.80 bits per heavy atom. The van der Waals surface area contributed by atoms with E-state index in [4.69, 9.17) is 21.1 Å². The first-order chi connectivity index (χ1) is 14.7. The van der Waals surface area contributed by atoms with Gasteiger partial charge in [0.05, 0.1) is 24.2 Å². The van der Waals surface area contributed by atoms with Gasteiger partial charge >= 0.3 is 0 Å². The third kappa shape index (κ3) is 4.18. The molecule has 0 aliphatic heterocycles. The summed E-state index contributed by atoms with van der Waals surface area (Å²) in [6.07, 6.45) is 0. The lowest BCUT2D eigenvalue weighted by Crippen LogP contribution is -2.28. The number of carbonyl (C=O) groups is 1. The quantitative estimate of drug-likeness (QED) is 0.459. The molecule has 9 heteroatoms. The molecule has 2 aromatic carbocycles. The van der Waals surface area contributed by atoms with E-state index in [1.807, 2.05) is 24.3 Å². The van der Waals surface area contributed by atoms with Crippen molar-refractivity contribution in [3.63, 3.8) is 0 Å². The molecule has 0 aliphatic carbocycles. The molecule has 0 fully saturated rings. The predicted octanol–water partition coefficient (Wildman–Crippen LogP) is 3.26. The maximum atomic E-state index is 12.2. The van der Waals surface area contributed by atoms with Crippen LogP contribution >= 0.6 is 11.6 Å². The molecule has 0 unspecified atom stereocenters. The molecule has 4 aromatic rings. The molecule has 2 aromatic heterocycles. The van der Waals surface area contributed by atoms with Crippen LogP contribution in [0.4, 0.5) is 0 Å². The van der Waals surface area contributed by atoms with Gasteiger partial charge in [-0.15, -0.1) is 15.3 Å². The number of fused-ring (bicyclic) bond motifs is 1. The van der Waals surface area contributed by atoms with Gasteiger partial charge in [0.2, 0.25) is 5.88 Å². The van der Waals surface area contributed by atoms with E-state index >= 15 is 0 Å². The smallest absolute Gasteiger partial charge is 0.252 e. The van der Waals surface area contributed by atoms with Gasteiger partial charge < -0.3 is 14.8 Å². The molecule has 2 heterocycles. The van der Waals surface area contributed by atoms with E-state index in [1.165, 1.54) is 0 Å². The number of nitrogens with one attached hydrogen (secondary N) is 1. The number of ether oxygens (including phenoxy) is 2. The highest BCUT2D eigenvalue weighted by Gasteiger charge is 2.12. The van der Waals surface area contributed by atoms with Gasteiger partial charge in [0.1, 0.15) is 12.4 Å². The van der Waals surface area contributed by atoms with Crippen molar-refractivity contribution in [1.29, 1.82) is 0 Å². The Hall–Kier alpha value is -3.65. The first-order valence-electron chi connectivity index (χ1n) is 9.18. The van der Waals surface area contributed by atoms with Gasteiger partial charge in [-0.05, 0) is 30.3 Å². The molecule has 0 bridgehead atoms. The van der Waals surface area contributed by atoms with Crippen LogP contribution in [0, 0.1) is 0 Å². The molecule has 0 saturated heterocycles. The second-order valence-electron chi connectivity index (χ2n) is 6.28. The molecule has 0 saturated carbocycles. The summed E-state index contributed by atoms with van der Waals surface area (Å²) in [6, 6.07) is 17.8. The number of hydrogen-bond donors (Lipinski definition) is 1. The standard InChI is InChI=1S/C21H18ClN5O3/c1-29-15-6-4-5-14(13-15)20-25-24-18-9-10-19(26-27(18)20)30-12-11-23-21(28)16-7-2-3-8-17(16)22/h2-10,13H,11-12H2,1H3,(H,23,28). The van der Waals surface area contributed by atoms with E-state index in [0.29, 0.717) is 40.2 Å². The van der Waals surface area contributed by atoms with Crippen LogP contribution in [0.3, 0.4) is 0 Å². The summed E-state index contributed by atoms with van der Waals surface area (Å²) >= 11 is 6.03. The molecule has 4 rings (SSSR count). The zero-order chi connectivity index (χ0) is 20.9. The highest BCUT2D eigenvalue weighted by molar-refractivity contribution is 6.33. The summed E-state index contributed by atoms with van der Waals surface area (Å²) in [4.78, 5) is 12.2. The monoisotopic (exact) mass is 423 g/mol. The van der Waals surface area contributed by atoms with Gasteiger partial charge in [-0.25, -0.2) is 0 Å². The molecule has 0 aliphatic rings. The number of benzene rings is 2. The third-order valence-electron chi connectivity index (χ3n) is 4.32. The van der Waals surface area contributed by atoms with Crippen molar-refractivity contribution in [1.82, 2.24) is 25.1 Å². The lowest BCUT2D eigenvalue weighted by molar-refractivity contribution is 0.0946. The van der Waals surface area contributed by atoms with Crippen LogP contribution in [0.2, 0.25) is 5.02 Å². The average Bonchev–Trinajstić information content (AvgIpc) is 3.20. The van der Waals surface area contributed by atoms with E-state index in [0.717, 1.165) is 5.56 Å². The fraction of sp³-hybridized carbons (Fsp3) is 0.143. The summed E-state index contributed by atoms with van der Waals surface area (Å²) in [5.74, 6) is 1.41. The molecule has 0 atom stereocenters. The van der Waals surface area contributed by atoms with Gasteiger partial charge in [-0.1, -0.05) is 35.9 Å². The number of rotatable bonds is 7. The molecular formula is C21H18ClN5O3. The van der Waals surface area contributed by atoms with Crippen molar-refractivity contribution in [2.75, 3.05) is 20.3 Å². The van der Waals surface area contributed by atoms with Crippen LogP contribution in [-0.2, 0) is 0 Å². The zero-order valence-corrected chi connectivity index (χ0v) is 16.8. The Labute approximate surface area is 177 Å². The summed E-state index contributed by atoms with van der Waals surface area (Å²) < 4.78 is 12.5. The minimum atomic E-state index is -0.258. The van der Waals surface area contributed by atoms with E-state index in [-0.39, 0.29) is 12.5 Å². The van der Waals surface area contributed by atoms with Crippen LogP contribution in [0.15, 0.2) is 60.7 Å².